The van der Waals surface area contributed by atoms with Crippen LogP contribution in [0.3, 0.4) is 0 Å². The molecule has 0 aromatic heterocycles. The molecule has 2 aromatic carbocycles. The molecule has 3 rings (SSSR count). The molecule has 1 N–H and O–H groups in total. The number of carbonyl (C=O) groups is 1. The lowest BCUT2D eigenvalue weighted by Crippen LogP contribution is -2.28. The molecule has 0 radical (unpaired) electrons. The molecule has 0 bridgehead atoms. The van der Waals surface area contributed by atoms with E-state index >= 15 is 0 Å². The van der Waals surface area contributed by atoms with E-state index in [2.05, 4.69) is 5.32 Å². The van der Waals surface area contributed by atoms with Gasteiger partial charge in [0, 0.05) is 19.2 Å². The van der Waals surface area contributed by atoms with Gasteiger partial charge in [-0.1, -0.05) is 23.8 Å². The van der Waals surface area contributed by atoms with E-state index in [0.29, 0.717) is 23.7 Å². The highest BCUT2D eigenvalue weighted by Crippen LogP contribution is 2.28. The first-order chi connectivity index (χ1) is 11.9. The summed E-state index contributed by atoms with van der Waals surface area (Å²) in [6, 6.07) is 13.4. The van der Waals surface area contributed by atoms with Gasteiger partial charge >= 0.3 is 0 Å². The molecule has 1 aliphatic rings. The summed E-state index contributed by atoms with van der Waals surface area (Å²) in [5, 5.41) is 2.86. The quantitative estimate of drug-likeness (QED) is 0.863. The third kappa shape index (κ3) is 4.02. The Kier molecular flexibility index (Phi) is 4.81. The number of nitrogens with zero attached hydrogens (tertiary/aromatic N) is 1. The minimum Gasteiger partial charge on any atom is -0.352 e. The molecule has 1 saturated carbocycles. The van der Waals surface area contributed by atoms with Crippen LogP contribution in [0.2, 0.25) is 0 Å². The average molecular weight is 358 g/mol. The van der Waals surface area contributed by atoms with Crippen molar-refractivity contribution in [1.82, 2.24) is 5.32 Å². The zero-order chi connectivity index (χ0) is 18.0. The van der Waals surface area contributed by atoms with Crippen LogP contribution in [0, 0.1) is 12.8 Å². The van der Waals surface area contributed by atoms with Crippen LogP contribution in [0.15, 0.2) is 53.4 Å². The SMILES string of the molecule is Cc1ccc(N(C)S(=O)(=O)c2cccc(C(=O)NCC3CC3)c2)cc1. The lowest BCUT2D eigenvalue weighted by Gasteiger charge is -2.20. The summed E-state index contributed by atoms with van der Waals surface area (Å²) in [5.74, 6) is 0.338. The van der Waals surface area contributed by atoms with Crippen LogP contribution in [0.1, 0.15) is 28.8 Å². The number of hydrogen-bond donors (Lipinski definition) is 1. The van der Waals surface area contributed by atoms with Gasteiger partial charge in [0.15, 0.2) is 0 Å². The number of hydrogen-bond acceptors (Lipinski definition) is 3. The van der Waals surface area contributed by atoms with Crippen LogP contribution in [0.4, 0.5) is 5.69 Å². The summed E-state index contributed by atoms with van der Waals surface area (Å²) in [6.07, 6.45) is 2.30. The minimum absolute atomic E-state index is 0.106. The highest BCUT2D eigenvalue weighted by atomic mass is 32.2. The Bertz CT molecular complexity index is 872. The van der Waals surface area contributed by atoms with Crippen molar-refractivity contribution in [3.63, 3.8) is 0 Å². The number of anilines is 1. The van der Waals surface area contributed by atoms with E-state index < -0.39 is 10.0 Å². The zero-order valence-corrected chi connectivity index (χ0v) is 15.2. The number of sulfonamides is 1. The van der Waals surface area contributed by atoms with Gasteiger partial charge in [-0.05, 0) is 56.0 Å². The van der Waals surface area contributed by atoms with Crippen molar-refractivity contribution in [3.05, 3.63) is 59.7 Å². The molecule has 5 nitrogen and oxygen atoms in total. The van der Waals surface area contributed by atoms with Gasteiger partial charge in [0.25, 0.3) is 15.9 Å². The first-order valence-corrected chi connectivity index (χ1v) is 9.76. The molecular weight excluding hydrogens is 336 g/mol. The highest BCUT2D eigenvalue weighted by molar-refractivity contribution is 7.92. The fourth-order valence-corrected chi connectivity index (χ4v) is 3.75. The Hall–Kier alpha value is -2.34. The summed E-state index contributed by atoms with van der Waals surface area (Å²) in [5.41, 5.74) is 2.00. The summed E-state index contributed by atoms with van der Waals surface area (Å²) < 4.78 is 27.0. The normalized spacial score (nSPS) is 14.2. The number of rotatable bonds is 6. The van der Waals surface area contributed by atoms with Gasteiger partial charge in [-0.15, -0.1) is 0 Å². The molecule has 0 unspecified atom stereocenters. The topological polar surface area (TPSA) is 66.5 Å². The standard InChI is InChI=1S/C19H22N2O3S/c1-14-6-10-17(11-7-14)21(2)25(23,24)18-5-3-4-16(12-18)19(22)20-13-15-8-9-15/h3-7,10-12,15H,8-9,13H2,1-2H3,(H,20,22). The molecule has 1 amide bonds. The molecule has 0 heterocycles. The van der Waals surface area contributed by atoms with Crippen LogP contribution in [0.5, 0.6) is 0 Å². The molecule has 0 aliphatic heterocycles. The smallest absolute Gasteiger partial charge is 0.264 e. The maximum atomic E-state index is 12.9. The summed E-state index contributed by atoms with van der Waals surface area (Å²) in [4.78, 5) is 12.3. The van der Waals surface area contributed by atoms with Crippen molar-refractivity contribution in [2.45, 2.75) is 24.7 Å². The largest absolute Gasteiger partial charge is 0.352 e. The van der Waals surface area contributed by atoms with Crippen LogP contribution >= 0.6 is 0 Å². The van der Waals surface area contributed by atoms with Crippen LogP contribution < -0.4 is 9.62 Å². The second-order valence-electron chi connectivity index (χ2n) is 6.49. The maximum Gasteiger partial charge on any atom is 0.264 e. The van der Waals surface area contributed by atoms with E-state index in [1.165, 1.54) is 23.5 Å². The Morgan fingerprint density at radius 2 is 1.84 bits per heavy atom. The highest BCUT2D eigenvalue weighted by Gasteiger charge is 2.24. The fraction of sp³-hybridized carbons (Fsp3) is 0.316. The van der Waals surface area contributed by atoms with E-state index in [1.807, 2.05) is 19.1 Å². The van der Waals surface area contributed by atoms with Crippen molar-refractivity contribution in [2.75, 3.05) is 17.9 Å². The summed E-state index contributed by atoms with van der Waals surface area (Å²) >= 11 is 0. The lowest BCUT2D eigenvalue weighted by molar-refractivity contribution is 0.0951. The Labute approximate surface area is 148 Å². The van der Waals surface area contributed by atoms with Crippen molar-refractivity contribution in [2.24, 2.45) is 5.92 Å². The summed E-state index contributed by atoms with van der Waals surface area (Å²) in [7, 11) is -2.21. The van der Waals surface area contributed by atoms with Gasteiger partial charge in [0.2, 0.25) is 0 Å². The van der Waals surface area contributed by atoms with Crippen molar-refractivity contribution < 1.29 is 13.2 Å². The van der Waals surface area contributed by atoms with E-state index in [-0.39, 0.29) is 10.8 Å². The van der Waals surface area contributed by atoms with Crippen molar-refractivity contribution >= 4 is 21.6 Å². The molecule has 25 heavy (non-hydrogen) atoms. The molecule has 1 fully saturated rings. The minimum atomic E-state index is -3.73. The predicted molar refractivity (Wildman–Crippen MR) is 98.3 cm³/mol. The molecule has 132 valence electrons. The second kappa shape index (κ2) is 6.88. The van der Waals surface area contributed by atoms with E-state index in [0.717, 1.165) is 18.4 Å². The molecule has 6 heteroatoms. The predicted octanol–water partition coefficient (Wildman–Crippen LogP) is 2.96. The Balaban J connectivity index is 1.82. The number of carbonyl (C=O) groups excluding carboxylic acids is 1. The van der Waals surface area contributed by atoms with E-state index in [4.69, 9.17) is 0 Å². The first-order valence-electron chi connectivity index (χ1n) is 8.32. The zero-order valence-electron chi connectivity index (χ0n) is 14.4. The van der Waals surface area contributed by atoms with Crippen LogP contribution in [0.25, 0.3) is 0 Å². The Morgan fingerprint density at radius 3 is 2.48 bits per heavy atom. The van der Waals surface area contributed by atoms with E-state index in [1.54, 1.807) is 24.3 Å². The van der Waals surface area contributed by atoms with Gasteiger partial charge in [-0.2, -0.15) is 0 Å². The second-order valence-corrected chi connectivity index (χ2v) is 8.46. The first kappa shape index (κ1) is 17.5. The molecule has 0 atom stereocenters. The summed E-state index contributed by atoms with van der Waals surface area (Å²) in [6.45, 7) is 2.60. The van der Waals surface area contributed by atoms with Gasteiger partial charge in [0.1, 0.15) is 0 Å². The fourth-order valence-electron chi connectivity index (χ4n) is 2.51. The molecular formula is C19H22N2O3S. The molecule has 0 spiro atoms. The van der Waals surface area contributed by atoms with Gasteiger partial charge in [-0.3, -0.25) is 9.10 Å². The molecule has 1 aliphatic carbocycles. The van der Waals surface area contributed by atoms with Crippen molar-refractivity contribution in [3.8, 4) is 0 Å². The number of nitrogens with one attached hydrogen (secondary N) is 1. The van der Waals surface area contributed by atoms with Gasteiger partial charge in [-0.25, -0.2) is 8.42 Å². The van der Waals surface area contributed by atoms with Gasteiger partial charge in [0.05, 0.1) is 10.6 Å². The number of benzene rings is 2. The number of aryl methyl sites for hydroxylation is 1. The average Bonchev–Trinajstić information content (AvgIpc) is 3.44. The third-order valence-electron chi connectivity index (χ3n) is 4.40. The Morgan fingerprint density at radius 1 is 1.16 bits per heavy atom. The van der Waals surface area contributed by atoms with Crippen LogP contribution in [-0.2, 0) is 10.0 Å². The monoisotopic (exact) mass is 358 g/mol. The van der Waals surface area contributed by atoms with Crippen LogP contribution in [-0.4, -0.2) is 27.9 Å². The lowest BCUT2D eigenvalue weighted by atomic mass is 10.2. The molecule has 2 aromatic rings. The third-order valence-corrected chi connectivity index (χ3v) is 6.18. The van der Waals surface area contributed by atoms with Gasteiger partial charge < -0.3 is 5.32 Å². The molecule has 0 saturated heterocycles. The maximum absolute atomic E-state index is 12.9. The van der Waals surface area contributed by atoms with E-state index in [9.17, 15) is 13.2 Å². The number of amides is 1. The van der Waals surface area contributed by atoms with Crippen molar-refractivity contribution in [1.29, 1.82) is 0 Å².